The Balaban J connectivity index is 3.44. The SMILES string of the molecule is CCCCCCCC/C=C\CCCCCCCCCCCC(=O)OCCCCCCCCCCC/C=C\C/C=C\CCCCCCCCCC(=O)NC(CO)C(O)/C=C/CCCCCCCCCCCCC. The van der Waals surface area contributed by atoms with Crippen LogP contribution in [0.3, 0.4) is 0 Å². The number of nitrogens with one attached hydrogen (secondary N) is 1. The van der Waals surface area contributed by atoms with Crippen molar-refractivity contribution in [3.8, 4) is 0 Å². The molecule has 0 aliphatic rings. The van der Waals surface area contributed by atoms with E-state index in [1.807, 2.05) is 6.08 Å². The molecule has 2 atom stereocenters. The number of aliphatic hydroxyl groups excluding tert-OH is 2. The van der Waals surface area contributed by atoms with Crippen molar-refractivity contribution in [2.75, 3.05) is 13.2 Å². The third kappa shape index (κ3) is 57.1. The van der Waals surface area contributed by atoms with Crippen molar-refractivity contribution in [3.05, 3.63) is 48.6 Å². The fourth-order valence-corrected chi connectivity index (χ4v) is 9.66. The molecule has 0 aliphatic heterocycles. The summed E-state index contributed by atoms with van der Waals surface area (Å²) in [5.74, 6) is -0.0728. The molecular formula is C66H123NO5. The third-order valence-electron chi connectivity index (χ3n) is 14.6. The van der Waals surface area contributed by atoms with Crippen LogP contribution < -0.4 is 5.32 Å². The van der Waals surface area contributed by atoms with E-state index >= 15 is 0 Å². The topological polar surface area (TPSA) is 95.9 Å². The molecule has 0 saturated heterocycles. The van der Waals surface area contributed by atoms with Gasteiger partial charge in [0, 0.05) is 12.8 Å². The lowest BCUT2D eigenvalue weighted by Crippen LogP contribution is -2.45. The minimum atomic E-state index is -0.851. The lowest BCUT2D eigenvalue weighted by atomic mass is 10.0. The second-order valence-corrected chi connectivity index (χ2v) is 21.7. The molecule has 0 radical (unpaired) electrons. The Morgan fingerprint density at radius 1 is 0.389 bits per heavy atom. The van der Waals surface area contributed by atoms with Crippen molar-refractivity contribution in [2.45, 2.75) is 347 Å². The van der Waals surface area contributed by atoms with Crippen LogP contribution in [0.5, 0.6) is 0 Å². The Bertz CT molecular complexity index is 1210. The Kier molecular flexibility index (Phi) is 59.5. The monoisotopic (exact) mass is 1010 g/mol. The van der Waals surface area contributed by atoms with Gasteiger partial charge < -0.3 is 20.3 Å². The Morgan fingerprint density at radius 2 is 0.694 bits per heavy atom. The number of aliphatic hydroxyl groups is 2. The van der Waals surface area contributed by atoms with Crippen LogP contribution in [0.1, 0.15) is 335 Å². The summed E-state index contributed by atoms with van der Waals surface area (Å²) >= 11 is 0. The van der Waals surface area contributed by atoms with Gasteiger partial charge in [-0.3, -0.25) is 9.59 Å². The van der Waals surface area contributed by atoms with Gasteiger partial charge >= 0.3 is 5.97 Å². The lowest BCUT2D eigenvalue weighted by Gasteiger charge is -2.20. The minimum absolute atomic E-state index is 0.00587. The fraction of sp³-hybridized carbons (Fsp3) is 0.848. The third-order valence-corrected chi connectivity index (χ3v) is 14.6. The molecule has 422 valence electrons. The molecule has 0 heterocycles. The zero-order chi connectivity index (χ0) is 52.2. The quantitative estimate of drug-likeness (QED) is 0.0320. The van der Waals surface area contributed by atoms with Crippen molar-refractivity contribution >= 4 is 11.9 Å². The van der Waals surface area contributed by atoms with E-state index in [9.17, 15) is 19.8 Å². The van der Waals surface area contributed by atoms with Gasteiger partial charge in [0.25, 0.3) is 0 Å². The summed E-state index contributed by atoms with van der Waals surface area (Å²) in [7, 11) is 0. The molecule has 0 aromatic rings. The number of hydrogen-bond acceptors (Lipinski definition) is 5. The molecule has 0 aromatic heterocycles. The molecule has 72 heavy (non-hydrogen) atoms. The summed E-state index contributed by atoms with van der Waals surface area (Å²) in [6, 6.07) is -0.636. The standard InChI is InChI=1S/C66H123NO5/c1-3-5-7-9-11-13-15-17-18-19-25-29-32-36-40-44-48-52-56-60-66(71)72-61-57-53-49-45-41-37-33-30-27-24-22-20-21-23-26-28-31-35-39-43-47-51-55-59-65(70)67-63(62-68)64(69)58-54-50-46-42-38-34-16-14-12-10-8-6-4-2/h17-18,20,22-23,26,54,58,63-64,68-69H,3-16,19,21,24-25,27-53,55-57,59-62H2,1-2H3,(H,67,70)/b18-17-,22-20-,26-23-,58-54+. The first-order valence-electron chi connectivity index (χ1n) is 31.9. The van der Waals surface area contributed by atoms with Gasteiger partial charge in [0.1, 0.15) is 0 Å². The highest BCUT2D eigenvalue weighted by molar-refractivity contribution is 5.76. The lowest BCUT2D eigenvalue weighted by molar-refractivity contribution is -0.143. The van der Waals surface area contributed by atoms with Gasteiger partial charge in [0.2, 0.25) is 5.91 Å². The van der Waals surface area contributed by atoms with E-state index in [0.717, 1.165) is 64.2 Å². The molecule has 3 N–H and O–H groups in total. The van der Waals surface area contributed by atoms with Gasteiger partial charge in [-0.25, -0.2) is 0 Å². The van der Waals surface area contributed by atoms with Crippen molar-refractivity contribution in [1.82, 2.24) is 5.32 Å². The van der Waals surface area contributed by atoms with Gasteiger partial charge in [-0.15, -0.1) is 0 Å². The molecular weight excluding hydrogens is 887 g/mol. The number of unbranched alkanes of at least 4 members (excludes halogenated alkanes) is 42. The average Bonchev–Trinajstić information content (AvgIpc) is 3.38. The molecule has 0 saturated carbocycles. The summed E-state index contributed by atoms with van der Waals surface area (Å²) in [6.45, 7) is 4.89. The van der Waals surface area contributed by atoms with Crippen LogP contribution in [0.2, 0.25) is 0 Å². The average molecular weight is 1010 g/mol. The zero-order valence-electron chi connectivity index (χ0n) is 48.2. The second kappa shape index (κ2) is 61.4. The van der Waals surface area contributed by atoms with Crippen LogP contribution in [0.25, 0.3) is 0 Å². The van der Waals surface area contributed by atoms with Crippen LogP contribution in [0.15, 0.2) is 48.6 Å². The smallest absolute Gasteiger partial charge is 0.305 e. The van der Waals surface area contributed by atoms with Crippen LogP contribution in [0.4, 0.5) is 0 Å². The maximum atomic E-state index is 12.4. The van der Waals surface area contributed by atoms with Gasteiger partial charge in [0.15, 0.2) is 0 Å². The number of ether oxygens (including phenoxy) is 1. The first kappa shape index (κ1) is 69.8. The van der Waals surface area contributed by atoms with E-state index < -0.39 is 12.1 Å². The molecule has 6 nitrogen and oxygen atoms in total. The predicted octanol–water partition coefficient (Wildman–Crippen LogP) is 20.1. The van der Waals surface area contributed by atoms with E-state index in [-0.39, 0.29) is 18.5 Å². The van der Waals surface area contributed by atoms with Crippen LogP contribution >= 0.6 is 0 Å². The Hall–Kier alpha value is -2.18. The maximum absolute atomic E-state index is 12.4. The Labute approximate surface area is 448 Å². The summed E-state index contributed by atoms with van der Waals surface area (Å²) < 4.78 is 5.50. The summed E-state index contributed by atoms with van der Waals surface area (Å²) in [6.07, 6.45) is 78.7. The van der Waals surface area contributed by atoms with E-state index in [1.165, 1.54) is 244 Å². The number of allylic oxidation sites excluding steroid dienone is 7. The molecule has 0 spiro atoms. The van der Waals surface area contributed by atoms with Gasteiger partial charge in [0.05, 0.1) is 25.4 Å². The van der Waals surface area contributed by atoms with Gasteiger partial charge in [-0.2, -0.15) is 0 Å². The Morgan fingerprint density at radius 3 is 1.07 bits per heavy atom. The minimum Gasteiger partial charge on any atom is -0.466 e. The summed E-state index contributed by atoms with van der Waals surface area (Å²) in [5.41, 5.74) is 0. The molecule has 0 aliphatic carbocycles. The molecule has 0 aromatic carbocycles. The van der Waals surface area contributed by atoms with Crippen LogP contribution in [-0.4, -0.2) is 47.4 Å². The molecule has 0 rings (SSSR count). The molecule has 1 amide bonds. The summed E-state index contributed by atoms with van der Waals surface area (Å²) in [4.78, 5) is 24.5. The first-order valence-corrected chi connectivity index (χ1v) is 31.9. The van der Waals surface area contributed by atoms with E-state index in [2.05, 4.69) is 55.6 Å². The highest BCUT2D eigenvalue weighted by atomic mass is 16.5. The van der Waals surface area contributed by atoms with E-state index in [1.54, 1.807) is 6.08 Å². The fourth-order valence-electron chi connectivity index (χ4n) is 9.66. The number of carbonyl (C=O) groups is 2. The van der Waals surface area contributed by atoms with E-state index in [0.29, 0.717) is 19.4 Å². The largest absolute Gasteiger partial charge is 0.466 e. The number of esters is 1. The highest BCUT2D eigenvalue weighted by Crippen LogP contribution is 2.16. The number of hydrogen-bond donors (Lipinski definition) is 3. The van der Waals surface area contributed by atoms with Crippen LogP contribution in [0, 0.1) is 0 Å². The summed E-state index contributed by atoms with van der Waals surface area (Å²) in [5, 5.41) is 23.1. The normalized spacial score (nSPS) is 12.9. The van der Waals surface area contributed by atoms with Crippen molar-refractivity contribution < 1.29 is 24.5 Å². The molecule has 2 unspecified atom stereocenters. The number of rotatable bonds is 59. The van der Waals surface area contributed by atoms with Crippen molar-refractivity contribution in [2.24, 2.45) is 0 Å². The first-order chi connectivity index (χ1) is 35.5. The second-order valence-electron chi connectivity index (χ2n) is 21.7. The van der Waals surface area contributed by atoms with Crippen LogP contribution in [-0.2, 0) is 14.3 Å². The van der Waals surface area contributed by atoms with Crippen molar-refractivity contribution in [1.29, 1.82) is 0 Å². The highest BCUT2D eigenvalue weighted by Gasteiger charge is 2.18. The maximum Gasteiger partial charge on any atom is 0.305 e. The van der Waals surface area contributed by atoms with Gasteiger partial charge in [-0.05, 0) is 89.9 Å². The molecule has 0 fully saturated rings. The molecule has 6 heteroatoms. The predicted molar refractivity (Wildman–Crippen MR) is 315 cm³/mol. The molecule has 0 bridgehead atoms. The van der Waals surface area contributed by atoms with E-state index in [4.69, 9.17) is 4.74 Å². The van der Waals surface area contributed by atoms with Crippen molar-refractivity contribution in [3.63, 3.8) is 0 Å². The van der Waals surface area contributed by atoms with Gasteiger partial charge in [-0.1, -0.05) is 281 Å². The number of carbonyl (C=O) groups excluding carboxylic acids is 2. The number of amides is 1. The zero-order valence-corrected chi connectivity index (χ0v) is 48.2.